The topological polar surface area (TPSA) is 30.9 Å². The molecule has 1 aromatic heterocycles. The summed E-state index contributed by atoms with van der Waals surface area (Å²) >= 11 is 0. The van der Waals surface area contributed by atoms with Crippen LogP contribution in [0.15, 0.2) is 6.07 Å². The molecule has 15 heavy (non-hydrogen) atoms. The van der Waals surface area contributed by atoms with E-state index in [0.29, 0.717) is 5.92 Å². The predicted octanol–water partition coefficient (Wildman–Crippen LogP) is 3.10. The van der Waals surface area contributed by atoms with Gasteiger partial charge in [-0.2, -0.15) is 0 Å². The number of nitrogens with zero attached hydrogens (tertiary/aromatic N) is 1. The normalized spacial score (nSPS) is 18.5. The molecule has 1 heterocycles. The van der Waals surface area contributed by atoms with Crippen molar-refractivity contribution in [1.29, 1.82) is 0 Å². The van der Waals surface area contributed by atoms with Crippen molar-refractivity contribution < 1.29 is 0 Å². The zero-order valence-corrected chi connectivity index (χ0v) is 10.2. The SMILES string of the molecule is Cc1cc(C(N)C(C)C)c(C)n1C1CC1. The zero-order valence-electron chi connectivity index (χ0n) is 10.2. The van der Waals surface area contributed by atoms with E-state index >= 15 is 0 Å². The highest BCUT2D eigenvalue weighted by Gasteiger charge is 2.28. The van der Waals surface area contributed by atoms with Crippen molar-refractivity contribution in [2.45, 2.75) is 52.6 Å². The monoisotopic (exact) mass is 206 g/mol. The zero-order chi connectivity index (χ0) is 11.2. The molecule has 84 valence electrons. The first-order valence-corrected chi connectivity index (χ1v) is 5.96. The van der Waals surface area contributed by atoms with Crippen LogP contribution in [0.25, 0.3) is 0 Å². The standard InChI is InChI=1S/C13H22N2/c1-8(2)13(14)12-7-9(3)15(10(12)4)11-5-6-11/h7-8,11,13H,5-6,14H2,1-4H3. The van der Waals surface area contributed by atoms with Gasteiger partial charge in [0.05, 0.1) is 0 Å². The molecule has 0 aliphatic heterocycles. The number of aryl methyl sites for hydroxylation is 1. The molecule has 0 spiro atoms. The molecule has 2 nitrogen and oxygen atoms in total. The quantitative estimate of drug-likeness (QED) is 0.809. The fraction of sp³-hybridized carbons (Fsp3) is 0.692. The second kappa shape index (κ2) is 3.67. The first-order chi connectivity index (χ1) is 7.02. The molecule has 1 aliphatic rings. The molecule has 1 unspecified atom stereocenters. The van der Waals surface area contributed by atoms with E-state index in [1.807, 2.05) is 0 Å². The molecular weight excluding hydrogens is 184 g/mol. The van der Waals surface area contributed by atoms with Gasteiger partial charge in [-0.05, 0) is 44.2 Å². The maximum atomic E-state index is 6.23. The third-order valence-corrected chi connectivity index (χ3v) is 3.51. The van der Waals surface area contributed by atoms with Crippen LogP contribution < -0.4 is 5.73 Å². The molecule has 0 saturated heterocycles. The Morgan fingerprint density at radius 3 is 2.40 bits per heavy atom. The average molecular weight is 206 g/mol. The molecule has 1 saturated carbocycles. The first kappa shape index (κ1) is 10.7. The maximum absolute atomic E-state index is 6.23. The minimum absolute atomic E-state index is 0.184. The van der Waals surface area contributed by atoms with E-state index in [0.717, 1.165) is 6.04 Å². The van der Waals surface area contributed by atoms with Gasteiger partial charge in [0.1, 0.15) is 0 Å². The van der Waals surface area contributed by atoms with Crippen molar-refractivity contribution >= 4 is 0 Å². The number of hydrogen-bond acceptors (Lipinski definition) is 1. The summed E-state index contributed by atoms with van der Waals surface area (Å²) in [6, 6.07) is 3.22. The van der Waals surface area contributed by atoms with Gasteiger partial charge in [-0.15, -0.1) is 0 Å². The molecule has 0 amide bonds. The molecule has 0 radical (unpaired) electrons. The van der Waals surface area contributed by atoms with Gasteiger partial charge in [0.25, 0.3) is 0 Å². The van der Waals surface area contributed by atoms with E-state index in [-0.39, 0.29) is 6.04 Å². The summed E-state index contributed by atoms with van der Waals surface area (Å²) in [5.74, 6) is 0.512. The molecule has 1 fully saturated rings. The van der Waals surface area contributed by atoms with Gasteiger partial charge in [-0.25, -0.2) is 0 Å². The van der Waals surface area contributed by atoms with Crippen LogP contribution in [0.4, 0.5) is 0 Å². The Balaban J connectivity index is 2.36. The van der Waals surface area contributed by atoms with E-state index in [2.05, 4.69) is 38.3 Å². The fourth-order valence-corrected chi connectivity index (χ4v) is 2.39. The van der Waals surface area contributed by atoms with Crippen LogP contribution in [0, 0.1) is 19.8 Å². The van der Waals surface area contributed by atoms with E-state index in [4.69, 9.17) is 5.73 Å². The summed E-state index contributed by atoms with van der Waals surface area (Å²) in [4.78, 5) is 0. The molecule has 1 atom stereocenters. The predicted molar refractivity (Wildman–Crippen MR) is 63.9 cm³/mol. The third-order valence-electron chi connectivity index (χ3n) is 3.51. The maximum Gasteiger partial charge on any atom is 0.0337 e. The molecule has 1 aromatic rings. The van der Waals surface area contributed by atoms with E-state index in [9.17, 15) is 0 Å². The molecule has 0 aromatic carbocycles. The number of rotatable bonds is 3. The van der Waals surface area contributed by atoms with Crippen molar-refractivity contribution in [2.24, 2.45) is 11.7 Å². The van der Waals surface area contributed by atoms with Gasteiger partial charge in [-0.3, -0.25) is 0 Å². The van der Waals surface area contributed by atoms with Crippen LogP contribution in [0.5, 0.6) is 0 Å². The summed E-state index contributed by atoms with van der Waals surface area (Å²) in [5, 5.41) is 0. The lowest BCUT2D eigenvalue weighted by molar-refractivity contribution is 0.510. The Labute approximate surface area is 92.5 Å². The molecule has 2 rings (SSSR count). The van der Waals surface area contributed by atoms with E-state index < -0.39 is 0 Å². The lowest BCUT2D eigenvalue weighted by atomic mass is 9.97. The summed E-state index contributed by atoms with van der Waals surface area (Å²) in [6.45, 7) is 8.78. The minimum atomic E-state index is 0.184. The van der Waals surface area contributed by atoms with Crippen molar-refractivity contribution in [3.8, 4) is 0 Å². The largest absolute Gasteiger partial charge is 0.346 e. The first-order valence-electron chi connectivity index (χ1n) is 5.96. The Kier molecular flexibility index (Phi) is 2.63. The van der Waals surface area contributed by atoms with Crippen LogP contribution in [0.2, 0.25) is 0 Å². The van der Waals surface area contributed by atoms with Gasteiger partial charge in [0.2, 0.25) is 0 Å². The van der Waals surface area contributed by atoms with Crippen LogP contribution in [-0.4, -0.2) is 4.57 Å². The third kappa shape index (κ3) is 1.83. The minimum Gasteiger partial charge on any atom is -0.346 e. The highest BCUT2D eigenvalue weighted by molar-refractivity contribution is 5.31. The van der Waals surface area contributed by atoms with Gasteiger partial charge in [0.15, 0.2) is 0 Å². The summed E-state index contributed by atoms with van der Waals surface area (Å²) in [5.41, 5.74) is 10.3. The van der Waals surface area contributed by atoms with Crippen LogP contribution in [-0.2, 0) is 0 Å². The summed E-state index contributed by atoms with van der Waals surface area (Å²) < 4.78 is 2.47. The number of aromatic nitrogens is 1. The second-order valence-corrected chi connectivity index (χ2v) is 5.20. The molecule has 2 heteroatoms. The Morgan fingerprint density at radius 1 is 1.33 bits per heavy atom. The second-order valence-electron chi connectivity index (χ2n) is 5.20. The lowest BCUT2D eigenvalue weighted by Crippen LogP contribution is -2.17. The van der Waals surface area contributed by atoms with Crippen molar-refractivity contribution in [3.63, 3.8) is 0 Å². The van der Waals surface area contributed by atoms with Crippen LogP contribution in [0.1, 0.15) is 55.7 Å². The highest BCUT2D eigenvalue weighted by atomic mass is 15.1. The smallest absolute Gasteiger partial charge is 0.0337 e. The van der Waals surface area contributed by atoms with E-state index in [1.165, 1.54) is 29.8 Å². The number of hydrogen-bond donors (Lipinski definition) is 1. The Hall–Kier alpha value is -0.760. The van der Waals surface area contributed by atoms with Gasteiger partial charge in [-0.1, -0.05) is 13.8 Å². The molecule has 0 bridgehead atoms. The molecule has 1 aliphatic carbocycles. The van der Waals surface area contributed by atoms with Crippen molar-refractivity contribution in [3.05, 3.63) is 23.0 Å². The lowest BCUT2D eigenvalue weighted by Gasteiger charge is -2.16. The van der Waals surface area contributed by atoms with Crippen LogP contribution >= 0.6 is 0 Å². The fourth-order valence-electron chi connectivity index (χ4n) is 2.39. The van der Waals surface area contributed by atoms with Crippen molar-refractivity contribution in [2.75, 3.05) is 0 Å². The molecular formula is C13H22N2. The Bertz CT molecular complexity index is 359. The van der Waals surface area contributed by atoms with Gasteiger partial charge < -0.3 is 10.3 Å². The van der Waals surface area contributed by atoms with Gasteiger partial charge >= 0.3 is 0 Å². The summed E-state index contributed by atoms with van der Waals surface area (Å²) in [6.07, 6.45) is 2.68. The number of nitrogens with two attached hydrogens (primary N) is 1. The van der Waals surface area contributed by atoms with Gasteiger partial charge in [0, 0.05) is 23.5 Å². The Morgan fingerprint density at radius 2 is 1.93 bits per heavy atom. The van der Waals surface area contributed by atoms with E-state index in [1.54, 1.807) is 0 Å². The molecule has 2 N–H and O–H groups in total. The highest BCUT2D eigenvalue weighted by Crippen LogP contribution is 2.39. The van der Waals surface area contributed by atoms with Crippen molar-refractivity contribution in [1.82, 2.24) is 4.57 Å². The average Bonchev–Trinajstić information content (AvgIpc) is 2.93. The van der Waals surface area contributed by atoms with Crippen LogP contribution in [0.3, 0.4) is 0 Å². The summed E-state index contributed by atoms with van der Waals surface area (Å²) in [7, 11) is 0.